The lowest BCUT2D eigenvalue weighted by atomic mass is 9.97. The van der Waals surface area contributed by atoms with Crippen LogP contribution in [0, 0.1) is 5.92 Å². The molecular formula is C25H30N2O4. The second kappa shape index (κ2) is 10.8. The van der Waals surface area contributed by atoms with E-state index in [0.29, 0.717) is 18.5 Å². The molecule has 0 aliphatic carbocycles. The molecule has 2 aromatic rings. The van der Waals surface area contributed by atoms with Crippen LogP contribution in [0.4, 0.5) is 0 Å². The molecule has 6 nitrogen and oxygen atoms in total. The van der Waals surface area contributed by atoms with Gasteiger partial charge in [0.1, 0.15) is 18.7 Å². The van der Waals surface area contributed by atoms with Crippen LogP contribution in [0.2, 0.25) is 0 Å². The lowest BCUT2D eigenvalue weighted by Gasteiger charge is -2.31. The highest BCUT2D eigenvalue weighted by atomic mass is 16.5. The first kappa shape index (κ1) is 22.5. The Morgan fingerprint density at radius 3 is 2.35 bits per heavy atom. The van der Waals surface area contributed by atoms with Gasteiger partial charge in [-0.1, -0.05) is 68.8 Å². The number of esters is 1. The van der Waals surface area contributed by atoms with Crippen molar-refractivity contribution < 1.29 is 19.1 Å². The molecule has 1 N–H and O–H groups in total. The molecule has 164 valence electrons. The average Bonchev–Trinajstić information content (AvgIpc) is 3.31. The molecule has 0 spiro atoms. The minimum absolute atomic E-state index is 0.0678. The number of likely N-dealkylation sites (tertiary alicyclic amines) is 1. The summed E-state index contributed by atoms with van der Waals surface area (Å²) in [6.07, 6.45) is 2.03. The molecule has 31 heavy (non-hydrogen) atoms. The molecule has 2 amide bonds. The zero-order valence-corrected chi connectivity index (χ0v) is 18.1. The summed E-state index contributed by atoms with van der Waals surface area (Å²) < 4.78 is 5.49. The summed E-state index contributed by atoms with van der Waals surface area (Å²) in [6.45, 7) is 4.58. The normalized spacial score (nSPS) is 17.6. The fraction of sp³-hybridized carbons (Fsp3) is 0.400. The quantitative estimate of drug-likeness (QED) is 0.660. The zero-order valence-electron chi connectivity index (χ0n) is 18.1. The minimum Gasteiger partial charge on any atom is -0.459 e. The van der Waals surface area contributed by atoms with E-state index in [1.54, 1.807) is 29.2 Å². The van der Waals surface area contributed by atoms with Crippen LogP contribution in [0.15, 0.2) is 60.7 Å². The van der Waals surface area contributed by atoms with Gasteiger partial charge in [0.15, 0.2) is 0 Å². The van der Waals surface area contributed by atoms with Crippen LogP contribution in [0.3, 0.4) is 0 Å². The maximum atomic E-state index is 13.4. The van der Waals surface area contributed by atoms with Crippen LogP contribution in [0.25, 0.3) is 0 Å². The Kier molecular flexibility index (Phi) is 7.82. The molecule has 0 saturated carbocycles. The van der Waals surface area contributed by atoms with E-state index in [9.17, 15) is 14.4 Å². The number of rotatable bonds is 8. The number of nitrogens with one attached hydrogen (secondary N) is 1. The first-order valence-corrected chi connectivity index (χ1v) is 10.9. The van der Waals surface area contributed by atoms with Gasteiger partial charge in [-0.15, -0.1) is 0 Å². The molecule has 0 bridgehead atoms. The van der Waals surface area contributed by atoms with Crippen molar-refractivity contribution in [2.24, 2.45) is 5.92 Å². The monoisotopic (exact) mass is 422 g/mol. The van der Waals surface area contributed by atoms with E-state index >= 15 is 0 Å². The van der Waals surface area contributed by atoms with E-state index in [2.05, 4.69) is 5.32 Å². The second-order valence-corrected chi connectivity index (χ2v) is 7.99. The largest absolute Gasteiger partial charge is 0.459 e. The molecule has 3 atom stereocenters. The standard InChI is InChI=1S/C25H30N2O4/c1-3-18(2)22(26-23(28)20-13-8-5-9-14-20)24(29)27-16-10-15-21(27)25(30)31-17-19-11-6-4-7-12-19/h4-9,11-14,18,21-22H,3,10,15-17H2,1-2H3,(H,26,28)/t18-,21-,22-/m0/s1. The SMILES string of the molecule is CC[C@H](C)[C@H](NC(=O)c1ccccc1)C(=O)N1CCC[C@H]1C(=O)OCc1ccccc1. The average molecular weight is 423 g/mol. The third-order valence-corrected chi connectivity index (χ3v) is 5.83. The summed E-state index contributed by atoms with van der Waals surface area (Å²) >= 11 is 0. The highest BCUT2D eigenvalue weighted by molar-refractivity contribution is 5.98. The fourth-order valence-electron chi connectivity index (χ4n) is 3.78. The third kappa shape index (κ3) is 5.72. The van der Waals surface area contributed by atoms with Gasteiger partial charge in [0, 0.05) is 12.1 Å². The fourth-order valence-corrected chi connectivity index (χ4v) is 3.78. The highest BCUT2D eigenvalue weighted by Gasteiger charge is 2.40. The Balaban J connectivity index is 1.68. The van der Waals surface area contributed by atoms with Crippen LogP contribution in [-0.2, 0) is 20.9 Å². The van der Waals surface area contributed by atoms with Gasteiger partial charge in [0.2, 0.25) is 5.91 Å². The Labute approximate surface area is 183 Å². The van der Waals surface area contributed by atoms with Crippen molar-refractivity contribution in [3.8, 4) is 0 Å². The van der Waals surface area contributed by atoms with Gasteiger partial charge >= 0.3 is 5.97 Å². The molecule has 6 heteroatoms. The van der Waals surface area contributed by atoms with Gasteiger partial charge in [-0.05, 0) is 36.5 Å². The van der Waals surface area contributed by atoms with Gasteiger partial charge in [-0.3, -0.25) is 9.59 Å². The molecule has 1 saturated heterocycles. The number of carbonyl (C=O) groups excluding carboxylic acids is 3. The number of carbonyl (C=O) groups is 3. The van der Waals surface area contributed by atoms with Gasteiger partial charge in [0.05, 0.1) is 0 Å². The van der Waals surface area contributed by atoms with Gasteiger partial charge < -0.3 is 15.0 Å². The summed E-state index contributed by atoms with van der Waals surface area (Å²) in [7, 11) is 0. The second-order valence-electron chi connectivity index (χ2n) is 7.99. The van der Waals surface area contributed by atoms with E-state index in [0.717, 1.165) is 18.4 Å². The molecule has 0 radical (unpaired) electrons. The molecule has 0 aromatic heterocycles. The molecular weight excluding hydrogens is 392 g/mol. The molecule has 2 aromatic carbocycles. The van der Waals surface area contributed by atoms with E-state index in [1.807, 2.05) is 50.2 Å². The van der Waals surface area contributed by atoms with Crippen LogP contribution in [0.5, 0.6) is 0 Å². The van der Waals surface area contributed by atoms with E-state index < -0.39 is 18.1 Å². The summed E-state index contributed by atoms with van der Waals surface area (Å²) in [6, 6.07) is 17.0. The third-order valence-electron chi connectivity index (χ3n) is 5.83. The Morgan fingerprint density at radius 2 is 1.71 bits per heavy atom. The number of hydrogen-bond acceptors (Lipinski definition) is 4. The first-order chi connectivity index (χ1) is 15.0. The molecule has 1 aliphatic heterocycles. The maximum absolute atomic E-state index is 13.4. The van der Waals surface area contributed by atoms with Crippen molar-refractivity contribution in [3.63, 3.8) is 0 Å². The molecule has 0 unspecified atom stereocenters. The van der Waals surface area contributed by atoms with Crippen molar-refractivity contribution in [2.75, 3.05) is 6.54 Å². The topological polar surface area (TPSA) is 75.7 Å². The Morgan fingerprint density at radius 1 is 1.06 bits per heavy atom. The maximum Gasteiger partial charge on any atom is 0.329 e. The molecule has 1 aliphatic rings. The molecule has 3 rings (SSSR count). The summed E-state index contributed by atoms with van der Waals surface area (Å²) in [5.41, 5.74) is 1.41. The number of hydrogen-bond donors (Lipinski definition) is 1. The van der Waals surface area contributed by atoms with Crippen molar-refractivity contribution in [2.45, 2.75) is 51.8 Å². The minimum atomic E-state index is -0.694. The number of benzene rings is 2. The number of ether oxygens (including phenoxy) is 1. The smallest absolute Gasteiger partial charge is 0.329 e. The lowest BCUT2D eigenvalue weighted by Crippen LogP contribution is -2.54. The van der Waals surface area contributed by atoms with Crippen molar-refractivity contribution in [3.05, 3.63) is 71.8 Å². The zero-order chi connectivity index (χ0) is 22.2. The predicted octanol–water partition coefficient (Wildman–Crippen LogP) is 3.57. The summed E-state index contributed by atoms with van der Waals surface area (Å²) in [5.74, 6) is -0.979. The van der Waals surface area contributed by atoms with Crippen LogP contribution in [-0.4, -0.2) is 41.3 Å². The molecule has 1 heterocycles. The van der Waals surface area contributed by atoms with Crippen molar-refractivity contribution in [1.82, 2.24) is 10.2 Å². The van der Waals surface area contributed by atoms with Gasteiger partial charge in [-0.25, -0.2) is 4.79 Å². The highest BCUT2D eigenvalue weighted by Crippen LogP contribution is 2.23. The molecule has 1 fully saturated rings. The van der Waals surface area contributed by atoms with Crippen molar-refractivity contribution in [1.29, 1.82) is 0 Å². The van der Waals surface area contributed by atoms with Crippen LogP contribution in [0.1, 0.15) is 49.0 Å². The first-order valence-electron chi connectivity index (χ1n) is 10.9. The van der Waals surface area contributed by atoms with E-state index in [4.69, 9.17) is 4.74 Å². The van der Waals surface area contributed by atoms with Crippen LogP contribution < -0.4 is 5.32 Å². The lowest BCUT2D eigenvalue weighted by molar-refractivity contribution is -0.155. The van der Waals surface area contributed by atoms with E-state index in [1.165, 1.54) is 0 Å². The summed E-state index contributed by atoms with van der Waals surface area (Å²) in [4.78, 5) is 40.4. The predicted molar refractivity (Wildman–Crippen MR) is 118 cm³/mol. The van der Waals surface area contributed by atoms with Crippen molar-refractivity contribution >= 4 is 17.8 Å². The Hall–Kier alpha value is -3.15. The summed E-state index contributed by atoms with van der Waals surface area (Å²) in [5, 5.41) is 2.90. The number of nitrogens with zero attached hydrogens (tertiary/aromatic N) is 1. The Bertz CT molecular complexity index is 885. The van der Waals surface area contributed by atoms with Gasteiger partial charge in [-0.2, -0.15) is 0 Å². The van der Waals surface area contributed by atoms with Gasteiger partial charge in [0.25, 0.3) is 5.91 Å². The van der Waals surface area contributed by atoms with E-state index in [-0.39, 0.29) is 24.3 Å². The van der Waals surface area contributed by atoms with Crippen LogP contribution >= 0.6 is 0 Å². The number of amides is 2.